The summed E-state index contributed by atoms with van der Waals surface area (Å²) >= 11 is 0. The van der Waals surface area contributed by atoms with Crippen LogP contribution in [0.25, 0.3) is 0 Å². The lowest BCUT2D eigenvalue weighted by atomic mass is 10.1. The van der Waals surface area contributed by atoms with E-state index in [2.05, 4.69) is 10.6 Å². The number of likely N-dealkylation sites (tertiary alicyclic amines) is 1. The molecule has 0 spiro atoms. The fraction of sp³-hybridized carbons (Fsp3) is 0.438. The molecule has 1 aromatic rings. The van der Waals surface area contributed by atoms with Crippen LogP contribution < -0.4 is 15.4 Å². The van der Waals surface area contributed by atoms with E-state index in [0.717, 1.165) is 0 Å². The van der Waals surface area contributed by atoms with Crippen LogP contribution in [-0.2, 0) is 14.4 Å². The first-order chi connectivity index (χ1) is 11.0. The second-order valence-electron chi connectivity index (χ2n) is 5.78. The molecule has 2 unspecified atom stereocenters. The van der Waals surface area contributed by atoms with Gasteiger partial charge in [-0.1, -0.05) is 0 Å². The molecule has 0 bridgehead atoms. The molecule has 2 heterocycles. The van der Waals surface area contributed by atoms with Crippen LogP contribution in [0.3, 0.4) is 0 Å². The Morgan fingerprint density at radius 3 is 2.91 bits per heavy atom. The smallest absolute Gasteiger partial charge is 0.265 e. The Kier molecular flexibility index (Phi) is 3.94. The van der Waals surface area contributed by atoms with Gasteiger partial charge in [0.1, 0.15) is 5.75 Å². The van der Waals surface area contributed by atoms with Gasteiger partial charge < -0.3 is 20.3 Å². The van der Waals surface area contributed by atoms with E-state index in [1.807, 2.05) is 6.92 Å². The van der Waals surface area contributed by atoms with E-state index in [4.69, 9.17) is 4.74 Å². The predicted octanol–water partition coefficient (Wildman–Crippen LogP) is 1.21. The maximum atomic E-state index is 12.3. The van der Waals surface area contributed by atoms with Gasteiger partial charge in [-0.2, -0.15) is 0 Å². The van der Waals surface area contributed by atoms with Crippen molar-refractivity contribution in [1.29, 1.82) is 0 Å². The van der Waals surface area contributed by atoms with Crippen LogP contribution in [0.5, 0.6) is 5.75 Å². The number of nitrogens with one attached hydrogen (secondary N) is 2. The maximum absolute atomic E-state index is 12.3. The number of benzene rings is 1. The topological polar surface area (TPSA) is 87.7 Å². The number of carbonyl (C=O) groups excluding carboxylic acids is 3. The Labute approximate surface area is 134 Å². The van der Waals surface area contributed by atoms with E-state index in [1.54, 1.807) is 30.0 Å². The van der Waals surface area contributed by atoms with Gasteiger partial charge in [0.25, 0.3) is 5.91 Å². The quantitative estimate of drug-likeness (QED) is 0.877. The summed E-state index contributed by atoms with van der Waals surface area (Å²) < 4.78 is 5.47. The van der Waals surface area contributed by atoms with Gasteiger partial charge in [-0.05, 0) is 32.0 Å². The van der Waals surface area contributed by atoms with E-state index in [1.165, 1.54) is 0 Å². The minimum Gasteiger partial charge on any atom is -0.479 e. The van der Waals surface area contributed by atoms with Crippen LogP contribution in [0.2, 0.25) is 0 Å². The minimum absolute atomic E-state index is 0.00717. The number of nitrogens with zero attached hydrogens (tertiary/aromatic N) is 1. The average Bonchev–Trinajstić information content (AvgIpc) is 2.90. The Bertz CT molecular complexity index is 673. The number of hydrogen-bond donors (Lipinski definition) is 2. The first-order valence-corrected chi connectivity index (χ1v) is 7.68. The molecule has 3 amide bonds. The number of rotatable bonds is 3. The van der Waals surface area contributed by atoms with Crippen LogP contribution in [0, 0.1) is 5.92 Å². The van der Waals surface area contributed by atoms with Gasteiger partial charge in [0.2, 0.25) is 11.8 Å². The number of hydrogen-bond acceptors (Lipinski definition) is 4. The van der Waals surface area contributed by atoms with Crippen molar-refractivity contribution in [3.05, 3.63) is 18.2 Å². The van der Waals surface area contributed by atoms with Crippen molar-refractivity contribution in [3.63, 3.8) is 0 Å². The molecular formula is C16H19N3O4. The van der Waals surface area contributed by atoms with Gasteiger partial charge in [-0.25, -0.2) is 0 Å². The molecule has 2 aliphatic heterocycles. The molecule has 2 atom stereocenters. The summed E-state index contributed by atoms with van der Waals surface area (Å²) in [6.07, 6.45) is -0.297. The van der Waals surface area contributed by atoms with E-state index < -0.39 is 6.10 Å². The van der Waals surface area contributed by atoms with Crippen LogP contribution in [0.15, 0.2) is 18.2 Å². The molecule has 0 radical (unpaired) electrons. The minimum atomic E-state index is -0.535. The standard InChI is InChI=1S/C16H19N3O4/c1-3-19-8-10(6-14(19)20)16(22)17-11-4-5-13-12(7-11)18-15(21)9(2)23-13/h4-5,7,9-10H,3,6,8H2,1-2H3,(H,17,22)(H,18,21). The van der Waals surface area contributed by atoms with E-state index in [0.29, 0.717) is 30.2 Å². The summed E-state index contributed by atoms with van der Waals surface area (Å²) in [4.78, 5) is 37.3. The third-order valence-corrected chi connectivity index (χ3v) is 4.14. The zero-order chi connectivity index (χ0) is 16.6. The first-order valence-electron chi connectivity index (χ1n) is 7.68. The first kappa shape index (κ1) is 15.3. The predicted molar refractivity (Wildman–Crippen MR) is 84.2 cm³/mol. The van der Waals surface area contributed by atoms with Crippen molar-refractivity contribution < 1.29 is 19.1 Å². The lowest BCUT2D eigenvalue weighted by Crippen LogP contribution is -2.34. The zero-order valence-corrected chi connectivity index (χ0v) is 13.1. The van der Waals surface area contributed by atoms with Crippen LogP contribution >= 0.6 is 0 Å². The SMILES string of the molecule is CCN1CC(C(=O)Nc2ccc3c(c2)NC(=O)C(C)O3)CC1=O. The van der Waals surface area contributed by atoms with Gasteiger partial charge >= 0.3 is 0 Å². The van der Waals surface area contributed by atoms with Gasteiger partial charge in [-0.15, -0.1) is 0 Å². The summed E-state index contributed by atoms with van der Waals surface area (Å²) in [7, 11) is 0. The van der Waals surface area contributed by atoms with E-state index in [-0.39, 0.29) is 30.1 Å². The highest BCUT2D eigenvalue weighted by molar-refractivity contribution is 6.00. The summed E-state index contributed by atoms with van der Waals surface area (Å²) in [5, 5.41) is 5.54. The Morgan fingerprint density at radius 1 is 1.43 bits per heavy atom. The Balaban J connectivity index is 1.69. The van der Waals surface area contributed by atoms with Crippen molar-refractivity contribution >= 4 is 29.1 Å². The highest BCUT2D eigenvalue weighted by Crippen LogP contribution is 2.32. The average molecular weight is 317 g/mol. The summed E-state index contributed by atoms with van der Waals surface area (Å²) in [5.74, 6) is -0.174. The molecule has 7 nitrogen and oxygen atoms in total. The van der Waals surface area contributed by atoms with Crippen molar-refractivity contribution in [2.45, 2.75) is 26.4 Å². The Hall–Kier alpha value is -2.57. The molecule has 0 aliphatic carbocycles. The van der Waals surface area contributed by atoms with Crippen molar-refractivity contribution in [2.24, 2.45) is 5.92 Å². The summed E-state index contributed by atoms with van der Waals surface area (Å²) in [6.45, 7) is 4.63. The highest BCUT2D eigenvalue weighted by Gasteiger charge is 2.33. The summed E-state index contributed by atoms with van der Waals surface area (Å²) in [5.41, 5.74) is 1.10. The molecule has 2 N–H and O–H groups in total. The van der Waals surface area contributed by atoms with Crippen LogP contribution in [0.4, 0.5) is 11.4 Å². The van der Waals surface area contributed by atoms with Crippen molar-refractivity contribution in [2.75, 3.05) is 23.7 Å². The molecule has 3 rings (SSSR count). The van der Waals surface area contributed by atoms with Gasteiger partial charge in [0.15, 0.2) is 6.10 Å². The molecular weight excluding hydrogens is 298 g/mol. The molecule has 2 aliphatic rings. The second-order valence-corrected chi connectivity index (χ2v) is 5.78. The van der Waals surface area contributed by atoms with Gasteiger partial charge in [0, 0.05) is 25.2 Å². The molecule has 122 valence electrons. The van der Waals surface area contributed by atoms with Gasteiger partial charge in [0.05, 0.1) is 11.6 Å². The van der Waals surface area contributed by atoms with E-state index in [9.17, 15) is 14.4 Å². The highest BCUT2D eigenvalue weighted by atomic mass is 16.5. The van der Waals surface area contributed by atoms with Crippen LogP contribution in [-0.4, -0.2) is 41.8 Å². The number of amides is 3. The van der Waals surface area contributed by atoms with Crippen LogP contribution in [0.1, 0.15) is 20.3 Å². The molecule has 7 heteroatoms. The number of carbonyl (C=O) groups is 3. The van der Waals surface area contributed by atoms with Crippen molar-refractivity contribution in [3.8, 4) is 5.75 Å². The number of ether oxygens (including phenoxy) is 1. The largest absolute Gasteiger partial charge is 0.479 e. The summed E-state index contributed by atoms with van der Waals surface area (Å²) in [6, 6.07) is 5.08. The molecule has 1 saturated heterocycles. The Morgan fingerprint density at radius 2 is 2.22 bits per heavy atom. The molecule has 23 heavy (non-hydrogen) atoms. The molecule has 1 aromatic carbocycles. The fourth-order valence-corrected chi connectivity index (χ4v) is 2.78. The maximum Gasteiger partial charge on any atom is 0.265 e. The normalized spacial score (nSPS) is 23.1. The molecule has 0 aromatic heterocycles. The third kappa shape index (κ3) is 2.99. The monoisotopic (exact) mass is 317 g/mol. The number of anilines is 2. The van der Waals surface area contributed by atoms with E-state index >= 15 is 0 Å². The number of fused-ring (bicyclic) bond motifs is 1. The molecule has 0 saturated carbocycles. The van der Waals surface area contributed by atoms with Gasteiger partial charge in [-0.3, -0.25) is 14.4 Å². The lowest BCUT2D eigenvalue weighted by molar-refractivity contribution is -0.128. The molecule has 1 fully saturated rings. The zero-order valence-electron chi connectivity index (χ0n) is 13.1. The fourth-order valence-electron chi connectivity index (χ4n) is 2.78. The van der Waals surface area contributed by atoms with Crippen molar-refractivity contribution in [1.82, 2.24) is 4.90 Å². The third-order valence-electron chi connectivity index (χ3n) is 4.14. The second kappa shape index (κ2) is 5.91. The lowest BCUT2D eigenvalue weighted by Gasteiger charge is -2.23.